The third-order valence-electron chi connectivity index (χ3n) is 3.01. The maximum atomic E-state index is 3.71. The van der Waals surface area contributed by atoms with Gasteiger partial charge in [-0.3, -0.25) is 0 Å². The zero-order chi connectivity index (χ0) is 10.4. The summed E-state index contributed by atoms with van der Waals surface area (Å²) in [5.74, 6) is 0. The van der Waals surface area contributed by atoms with E-state index in [1.165, 1.54) is 19.3 Å². The summed E-state index contributed by atoms with van der Waals surface area (Å²) in [4.78, 5) is 0. The van der Waals surface area contributed by atoms with Gasteiger partial charge in [0.2, 0.25) is 0 Å². The molecule has 0 aliphatic heterocycles. The highest BCUT2D eigenvalue weighted by atomic mass is 14.3. The highest BCUT2D eigenvalue weighted by molar-refractivity contribution is 5.25. The minimum Gasteiger partial charge on any atom is -0.103 e. The molecule has 0 amide bonds. The van der Waals surface area contributed by atoms with Crippen molar-refractivity contribution in [2.75, 3.05) is 0 Å². The molecule has 0 saturated heterocycles. The van der Waals surface area contributed by atoms with Gasteiger partial charge in [0, 0.05) is 0 Å². The van der Waals surface area contributed by atoms with Crippen molar-refractivity contribution >= 4 is 0 Å². The molecule has 0 aromatic carbocycles. The fraction of sp³-hybridized carbons (Fsp3) is 0.571. The van der Waals surface area contributed by atoms with Crippen molar-refractivity contribution in [1.29, 1.82) is 0 Å². The molecule has 0 heteroatoms. The minimum atomic E-state index is 0.478. The molecule has 0 heterocycles. The van der Waals surface area contributed by atoms with E-state index < -0.39 is 0 Å². The number of unbranched alkanes of at least 4 members (excludes halogenated alkanes) is 2. The van der Waals surface area contributed by atoms with Crippen LogP contribution in [0, 0.1) is 5.41 Å². The average Bonchev–Trinajstić information content (AvgIpc) is 2.15. The van der Waals surface area contributed by atoms with Crippen LogP contribution in [0.4, 0.5) is 0 Å². The summed E-state index contributed by atoms with van der Waals surface area (Å²) >= 11 is 0. The fourth-order valence-corrected chi connectivity index (χ4v) is 1.72. The van der Waals surface area contributed by atoms with Crippen LogP contribution in [0.25, 0.3) is 0 Å². The van der Waals surface area contributed by atoms with Crippen LogP contribution in [0.1, 0.15) is 46.0 Å². The van der Waals surface area contributed by atoms with Crippen LogP contribution >= 0.6 is 0 Å². The van der Waals surface area contributed by atoms with Crippen molar-refractivity contribution in [3.8, 4) is 0 Å². The first-order chi connectivity index (χ1) is 6.67. The molecule has 0 nitrogen and oxygen atoms in total. The Kier molecular flexibility index (Phi) is 4.19. The van der Waals surface area contributed by atoms with Gasteiger partial charge in [0.05, 0.1) is 0 Å². The summed E-state index contributed by atoms with van der Waals surface area (Å²) in [6.07, 6.45) is 15.0. The first-order valence-corrected chi connectivity index (χ1v) is 5.62. The quantitative estimate of drug-likeness (QED) is 0.422. The molecule has 0 fully saturated rings. The van der Waals surface area contributed by atoms with E-state index in [4.69, 9.17) is 0 Å². The van der Waals surface area contributed by atoms with E-state index in [1.807, 2.05) is 6.08 Å². The molecular weight excluding hydrogens is 168 g/mol. The fourth-order valence-electron chi connectivity index (χ4n) is 1.72. The monoisotopic (exact) mass is 190 g/mol. The van der Waals surface area contributed by atoms with E-state index in [0.29, 0.717) is 5.41 Å². The molecule has 0 atom stereocenters. The normalized spacial score (nSPS) is 19.1. The van der Waals surface area contributed by atoms with Gasteiger partial charge in [-0.2, -0.15) is 0 Å². The zero-order valence-corrected chi connectivity index (χ0v) is 9.55. The third-order valence-corrected chi connectivity index (χ3v) is 3.01. The molecule has 1 rings (SSSR count). The predicted molar refractivity (Wildman–Crippen MR) is 64.3 cm³/mol. The number of allylic oxidation sites excluding steroid dienone is 5. The first-order valence-electron chi connectivity index (χ1n) is 5.62. The van der Waals surface area contributed by atoms with E-state index in [9.17, 15) is 0 Å². The summed E-state index contributed by atoms with van der Waals surface area (Å²) < 4.78 is 0. The summed E-state index contributed by atoms with van der Waals surface area (Å²) in [5.41, 5.74) is 2.09. The van der Waals surface area contributed by atoms with E-state index in [2.05, 4.69) is 38.7 Å². The van der Waals surface area contributed by atoms with Gasteiger partial charge in [-0.25, -0.2) is 0 Å². The van der Waals surface area contributed by atoms with Gasteiger partial charge in [-0.05, 0) is 37.5 Å². The van der Waals surface area contributed by atoms with Crippen LogP contribution in [0.3, 0.4) is 0 Å². The van der Waals surface area contributed by atoms with Crippen LogP contribution in [-0.2, 0) is 0 Å². The van der Waals surface area contributed by atoms with Crippen molar-refractivity contribution in [2.24, 2.45) is 5.41 Å². The molecule has 0 aromatic rings. The second kappa shape index (κ2) is 5.19. The molecule has 0 spiro atoms. The van der Waals surface area contributed by atoms with Crippen molar-refractivity contribution in [1.82, 2.24) is 0 Å². The van der Waals surface area contributed by atoms with Crippen LogP contribution in [0.15, 0.2) is 36.5 Å². The Labute approximate surface area is 88.4 Å². The molecule has 1 aliphatic carbocycles. The lowest BCUT2D eigenvalue weighted by atomic mass is 9.70. The molecule has 0 saturated carbocycles. The van der Waals surface area contributed by atoms with Gasteiger partial charge in [-0.1, -0.05) is 43.7 Å². The highest BCUT2D eigenvalue weighted by Gasteiger charge is 2.27. The second-order valence-electron chi connectivity index (χ2n) is 4.71. The Morgan fingerprint density at radius 3 is 2.64 bits per heavy atom. The van der Waals surface area contributed by atoms with Gasteiger partial charge in [0.25, 0.3) is 0 Å². The lowest BCUT2D eigenvalue weighted by molar-refractivity contribution is 0.393. The van der Waals surface area contributed by atoms with Crippen LogP contribution < -0.4 is 0 Å². The summed E-state index contributed by atoms with van der Waals surface area (Å²) in [5, 5.41) is 0. The predicted octanol–water partition coefficient (Wildman–Crippen LogP) is 4.65. The van der Waals surface area contributed by atoms with E-state index in [-0.39, 0.29) is 0 Å². The van der Waals surface area contributed by atoms with Gasteiger partial charge in [-0.15, -0.1) is 6.58 Å². The van der Waals surface area contributed by atoms with E-state index in [1.54, 1.807) is 5.57 Å². The Morgan fingerprint density at radius 2 is 2.14 bits per heavy atom. The Morgan fingerprint density at radius 1 is 1.36 bits per heavy atom. The smallest absolute Gasteiger partial charge is 0.0107 e. The standard InChI is InChI=1S/C14H22/c1-4-5-6-7-8-9-10-13-11-12-14(13,2)3/h4,8-9,11H,1,5-7,10,12H2,2-3H3. The Hall–Kier alpha value is -0.780. The maximum absolute atomic E-state index is 3.71. The molecule has 0 radical (unpaired) electrons. The summed E-state index contributed by atoms with van der Waals surface area (Å²) in [6.45, 7) is 8.37. The number of hydrogen-bond donors (Lipinski definition) is 0. The molecule has 0 aromatic heterocycles. The lowest BCUT2D eigenvalue weighted by Crippen LogP contribution is -2.21. The minimum absolute atomic E-state index is 0.478. The van der Waals surface area contributed by atoms with Crippen molar-refractivity contribution in [2.45, 2.75) is 46.0 Å². The maximum Gasteiger partial charge on any atom is -0.0107 e. The molecule has 0 unspecified atom stereocenters. The second-order valence-corrected chi connectivity index (χ2v) is 4.71. The number of rotatable bonds is 6. The van der Waals surface area contributed by atoms with E-state index >= 15 is 0 Å². The van der Waals surface area contributed by atoms with Crippen LogP contribution in [0.5, 0.6) is 0 Å². The van der Waals surface area contributed by atoms with Gasteiger partial charge in [0.1, 0.15) is 0 Å². The van der Waals surface area contributed by atoms with Crippen LogP contribution in [-0.4, -0.2) is 0 Å². The number of hydrogen-bond acceptors (Lipinski definition) is 0. The van der Waals surface area contributed by atoms with Crippen LogP contribution in [0.2, 0.25) is 0 Å². The van der Waals surface area contributed by atoms with Crippen molar-refractivity contribution in [3.05, 3.63) is 36.5 Å². The zero-order valence-electron chi connectivity index (χ0n) is 9.55. The lowest BCUT2D eigenvalue weighted by Gasteiger charge is -2.35. The molecular formula is C14H22. The van der Waals surface area contributed by atoms with Gasteiger partial charge in [0.15, 0.2) is 0 Å². The molecule has 0 N–H and O–H groups in total. The van der Waals surface area contributed by atoms with Gasteiger partial charge < -0.3 is 0 Å². The molecule has 1 aliphatic rings. The molecule has 14 heavy (non-hydrogen) atoms. The molecule has 0 bridgehead atoms. The summed E-state index contributed by atoms with van der Waals surface area (Å²) in [6, 6.07) is 0. The van der Waals surface area contributed by atoms with E-state index in [0.717, 1.165) is 12.8 Å². The highest BCUT2D eigenvalue weighted by Crippen LogP contribution is 2.41. The molecule has 78 valence electrons. The Bertz CT molecular complexity index is 241. The first kappa shape index (κ1) is 11.3. The van der Waals surface area contributed by atoms with Crippen molar-refractivity contribution in [3.63, 3.8) is 0 Å². The summed E-state index contributed by atoms with van der Waals surface area (Å²) in [7, 11) is 0. The third kappa shape index (κ3) is 3.17. The topological polar surface area (TPSA) is 0 Å². The largest absolute Gasteiger partial charge is 0.103 e. The van der Waals surface area contributed by atoms with Crippen molar-refractivity contribution < 1.29 is 0 Å². The SMILES string of the molecule is C=CCCCC=CCC1=CCC1(C)C. The average molecular weight is 190 g/mol. The Balaban J connectivity index is 2.12. The van der Waals surface area contributed by atoms with Gasteiger partial charge >= 0.3 is 0 Å².